The number of carbonyl (C=O) groups excluding carboxylic acids is 2. The van der Waals surface area contributed by atoms with Crippen LogP contribution in [0.3, 0.4) is 0 Å². The maximum absolute atomic E-state index is 12.3. The summed E-state index contributed by atoms with van der Waals surface area (Å²) < 4.78 is 15.6. The van der Waals surface area contributed by atoms with E-state index in [1.54, 1.807) is 43.5 Å². The fourth-order valence-electron chi connectivity index (χ4n) is 2.51. The fourth-order valence-corrected chi connectivity index (χ4v) is 2.51. The zero-order valence-corrected chi connectivity index (χ0v) is 16.5. The Bertz CT molecular complexity index is 895. The topological polar surface area (TPSA) is 106 Å². The standard InChI is InChI=1S/C21H24N2O6/c1-27-15-6-7-17(16(13-15)21(26)22-10-11-24)23-20(25)9-5-14-4-8-18(28-2)19(12-14)29-3/h4-9,12-13,24H,10-11H2,1-3H3,(H,22,26)(H,23,25)/b9-5+. The highest BCUT2D eigenvalue weighted by Gasteiger charge is 2.14. The molecule has 2 amide bonds. The molecule has 0 fully saturated rings. The maximum atomic E-state index is 12.3. The van der Waals surface area contributed by atoms with Crippen LogP contribution in [0.1, 0.15) is 15.9 Å². The van der Waals surface area contributed by atoms with Gasteiger partial charge in [-0.2, -0.15) is 0 Å². The first-order chi connectivity index (χ1) is 14.0. The lowest BCUT2D eigenvalue weighted by atomic mass is 10.1. The Morgan fingerprint density at radius 2 is 1.76 bits per heavy atom. The minimum atomic E-state index is -0.433. The molecule has 0 radical (unpaired) electrons. The Kier molecular flexibility index (Phi) is 8.05. The summed E-state index contributed by atoms with van der Waals surface area (Å²) in [6.45, 7) is -0.0892. The molecule has 8 heteroatoms. The van der Waals surface area contributed by atoms with Gasteiger partial charge in [-0.3, -0.25) is 9.59 Å². The van der Waals surface area contributed by atoms with Crippen molar-refractivity contribution in [3.8, 4) is 17.2 Å². The van der Waals surface area contributed by atoms with E-state index in [0.717, 1.165) is 5.56 Å². The Labute approximate surface area is 169 Å². The highest BCUT2D eigenvalue weighted by molar-refractivity contribution is 6.07. The van der Waals surface area contributed by atoms with E-state index < -0.39 is 11.8 Å². The van der Waals surface area contributed by atoms with Crippen LogP contribution in [0.25, 0.3) is 6.08 Å². The van der Waals surface area contributed by atoms with Crippen molar-refractivity contribution in [1.29, 1.82) is 0 Å². The van der Waals surface area contributed by atoms with Crippen LogP contribution in [0.4, 0.5) is 5.69 Å². The van der Waals surface area contributed by atoms with Crippen LogP contribution in [-0.4, -0.2) is 51.4 Å². The summed E-state index contributed by atoms with van der Waals surface area (Å²) in [7, 11) is 4.56. The number of aliphatic hydroxyl groups excluding tert-OH is 1. The number of nitrogens with one attached hydrogen (secondary N) is 2. The van der Waals surface area contributed by atoms with Crippen molar-refractivity contribution in [1.82, 2.24) is 5.32 Å². The van der Waals surface area contributed by atoms with Crippen LogP contribution in [0.5, 0.6) is 17.2 Å². The van der Waals surface area contributed by atoms with Gasteiger partial charge in [-0.05, 0) is 42.0 Å². The van der Waals surface area contributed by atoms with Crippen molar-refractivity contribution in [2.24, 2.45) is 0 Å². The zero-order chi connectivity index (χ0) is 21.2. The molecule has 2 aromatic carbocycles. The second-order valence-corrected chi connectivity index (χ2v) is 5.83. The van der Waals surface area contributed by atoms with Gasteiger partial charge in [0.15, 0.2) is 11.5 Å². The minimum absolute atomic E-state index is 0.0998. The highest BCUT2D eigenvalue weighted by Crippen LogP contribution is 2.28. The van der Waals surface area contributed by atoms with Gasteiger partial charge in [0.1, 0.15) is 5.75 Å². The molecule has 0 atom stereocenters. The molecule has 0 saturated carbocycles. The predicted octanol–water partition coefficient (Wildman–Crippen LogP) is 2.09. The van der Waals surface area contributed by atoms with E-state index in [2.05, 4.69) is 10.6 Å². The van der Waals surface area contributed by atoms with Crippen molar-refractivity contribution in [2.45, 2.75) is 0 Å². The first-order valence-electron chi connectivity index (χ1n) is 8.80. The zero-order valence-electron chi connectivity index (χ0n) is 16.5. The molecule has 3 N–H and O–H groups in total. The third kappa shape index (κ3) is 5.98. The summed E-state index contributed by atoms with van der Waals surface area (Å²) in [5, 5.41) is 14.1. The van der Waals surface area contributed by atoms with Gasteiger partial charge < -0.3 is 30.0 Å². The van der Waals surface area contributed by atoms with Crippen LogP contribution in [0.2, 0.25) is 0 Å². The molecule has 0 aliphatic carbocycles. The van der Waals surface area contributed by atoms with Crippen LogP contribution in [-0.2, 0) is 4.79 Å². The van der Waals surface area contributed by atoms with Crippen molar-refractivity contribution in [2.75, 3.05) is 39.8 Å². The molecule has 29 heavy (non-hydrogen) atoms. The molecule has 0 saturated heterocycles. The molecule has 0 aliphatic heterocycles. The molecule has 2 aromatic rings. The van der Waals surface area contributed by atoms with E-state index >= 15 is 0 Å². The number of carbonyl (C=O) groups is 2. The van der Waals surface area contributed by atoms with E-state index in [9.17, 15) is 9.59 Å². The molecular formula is C21H24N2O6. The number of ether oxygens (including phenoxy) is 3. The number of hydrogen-bond acceptors (Lipinski definition) is 6. The molecule has 0 aromatic heterocycles. The average molecular weight is 400 g/mol. The van der Waals surface area contributed by atoms with Gasteiger partial charge in [-0.15, -0.1) is 0 Å². The SMILES string of the molecule is COc1ccc(NC(=O)/C=C/c2ccc(OC)c(OC)c2)c(C(=O)NCCO)c1. The van der Waals surface area contributed by atoms with E-state index in [4.69, 9.17) is 19.3 Å². The van der Waals surface area contributed by atoms with Crippen LogP contribution < -0.4 is 24.8 Å². The van der Waals surface area contributed by atoms with Crippen molar-refractivity contribution in [3.63, 3.8) is 0 Å². The Hall–Kier alpha value is -3.52. The van der Waals surface area contributed by atoms with Gasteiger partial charge in [-0.1, -0.05) is 6.07 Å². The molecule has 8 nitrogen and oxygen atoms in total. The van der Waals surface area contributed by atoms with Crippen molar-refractivity contribution >= 4 is 23.6 Å². The number of amides is 2. The molecule has 0 heterocycles. The second-order valence-electron chi connectivity index (χ2n) is 5.83. The summed E-state index contributed by atoms with van der Waals surface area (Å²) in [5.41, 5.74) is 1.29. The second kappa shape index (κ2) is 10.7. The predicted molar refractivity (Wildman–Crippen MR) is 110 cm³/mol. The lowest BCUT2D eigenvalue weighted by Gasteiger charge is -2.12. The lowest BCUT2D eigenvalue weighted by Crippen LogP contribution is -2.27. The van der Waals surface area contributed by atoms with Gasteiger partial charge in [0.05, 0.1) is 39.2 Å². The number of benzene rings is 2. The Balaban J connectivity index is 2.17. The van der Waals surface area contributed by atoms with Crippen LogP contribution in [0, 0.1) is 0 Å². The van der Waals surface area contributed by atoms with Crippen molar-refractivity contribution < 1.29 is 28.9 Å². The molecule has 2 rings (SSSR count). The first-order valence-corrected chi connectivity index (χ1v) is 8.80. The monoisotopic (exact) mass is 400 g/mol. The van der Waals surface area contributed by atoms with E-state index in [1.165, 1.54) is 26.4 Å². The largest absolute Gasteiger partial charge is 0.497 e. The number of methoxy groups -OCH3 is 3. The van der Waals surface area contributed by atoms with Gasteiger partial charge in [0.2, 0.25) is 5.91 Å². The van der Waals surface area contributed by atoms with Crippen molar-refractivity contribution in [3.05, 3.63) is 53.6 Å². The minimum Gasteiger partial charge on any atom is -0.497 e. The van der Waals surface area contributed by atoms with Crippen LogP contribution in [0.15, 0.2) is 42.5 Å². The highest BCUT2D eigenvalue weighted by atomic mass is 16.5. The maximum Gasteiger partial charge on any atom is 0.253 e. The quantitative estimate of drug-likeness (QED) is 0.557. The molecule has 0 aliphatic rings. The van der Waals surface area contributed by atoms with Gasteiger partial charge >= 0.3 is 0 Å². The molecule has 154 valence electrons. The Morgan fingerprint density at radius 3 is 2.41 bits per heavy atom. The van der Waals surface area contributed by atoms with Gasteiger partial charge in [0.25, 0.3) is 5.91 Å². The third-order valence-electron chi connectivity index (χ3n) is 3.96. The fraction of sp³-hybridized carbons (Fsp3) is 0.238. The average Bonchev–Trinajstić information content (AvgIpc) is 2.75. The number of aliphatic hydroxyl groups is 1. The Morgan fingerprint density at radius 1 is 1.00 bits per heavy atom. The smallest absolute Gasteiger partial charge is 0.253 e. The molecule has 0 bridgehead atoms. The van der Waals surface area contributed by atoms with E-state index in [-0.39, 0.29) is 18.7 Å². The summed E-state index contributed by atoms with van der Waals surface area (Å²) >= 11 is 0. The van der Waals surface area contributed by atoms with Gasteiger partial charge in [-0.25, -0.2) is 0 Å². The summed E-state index contributed by atoms with van der Waals surface area (Å²) in [4.78, 5) is 24.7. The van der Waals surface area contributed by atoms with Crippen LogP contribution >= 0.6 is 0 Å². The number of hydrogen-bond donors (Lipinski definition) is 3. The first kappa shape index (κ1) is 21.8. The summed E-state index contributed by atoms with van der Waals surface area (Å²) in [5.74, 6) is 0.759. The molecular weight excluding hydrogens is 376 g/mol. The summed E-state index contributed by atoms with van der Waals surface area (Å²) in [6.07, 6.45) is 2.97. The normalized spacial score (nSPS) is 10.5. The van der Waals surface area contributed by atoms with E-state index in [1.807, 2.05) is 0 Å². The molecule has 0 spiro atoms. The number of anilines is 1. The van der Waals surface area contributed by atoms with E-state index in [0.29, 0.717) is 22.9 Å². The third-order valence-corrected chi connectivity index (χ3v) is 3.96. The number of rotatable bonds is 9. The molecule has 0 unspecified atom stereocenters. The summed E-state index contributed by atoms with van der Waals surface area (Å²) in [6, 6.07) is 9.99. The van der Waals surface area contributed by atoms with Gasteiger partial charge in [0, 0.05) is 12.6 Å². The lowest BCUT2D eigenvalue weighted by molar-refractivity contribution is -0.111.